The number of benzene rings is 1. The van der Waals surface area contributed by atoms with Gasteiger partial charge in [0, 0.05) is 38.6 Å². The van der Waals surface area contributed by atoms with E-state index in [-0.39, 0.29) is 35.6 Å². The molecule has 0 radical (unpaired) electrons. The molecule has 0 aromatic heterocycles. The highest BCUT2D eigenvalue weighted by Gasteiger charge is 2.28. The number of piperidine rings is 1. The SMILES string of the molecule is CCC1CC(NC(=O)N2CCC(Oc3ccc(C#N)cc3F)CC2)CCO1. The van der Waals surface area contributed by atoms with Gasteiger partial charge in [-0.25, -0.2) is 9.18 Å². The predicted octanol–water partition coefficient (Wildman–Crippen LogP) is 3.21. The van der Waals surface area contributed by atoms with Crippen molar-refractivity contribution in [1.82, 2.24) is 10.2 Å². The minimum Gasteiger partial charge on any atom is -0.487 e. The van der Waals surface area contributed by atoms with Crippen molar-refractivity contribution in [3.8, 4) is 11.8 Å². The Morgan fingerprint density at radius 1 is 1.41 bits per heavy atom. The maximum Gasteiger partial charge on any atom is 0.317 e. The highest BCUT2D eigenvalue weighted by molar-refractivity contribution is 5.74. The molecule has 1 N–H and O–H groups in total. The third-order valence-electron chi connectivity index (χ3n) is 5.23. The van der Waals surface area contributed by atoms with Gasteiger partial charge in [-0.2, -0.15) is 5.26 Å². The van der Waals surface area contributed by atoms with Crippen LogP contribution in [0.2, 0.25) is 0 Å². The van der Waals surface area contributed by atoms with Crippen LogP contribution >= 0.6 is 0 Å². The monoisotopic (exact) mass is 375 g/mol. The summed E-state index contributed by atoms with van der Waals surface area (Å²) in [5, 5.41) is 11.9. The number of amides is 2. The summed E-state index contributed by atoms with van der Waals surface area (Å²) in [7, 11) is 0. The minimum atomic E-state index is -0.529. The molecular weight excluding hydrogens is 349 g/mol. The Balaban J connectivity index is 1.46. The summed E-state index contributed by atoms with van der Waals surface area (Å²) >= 11 is 0. The summed E-state index contributed by atoms with van der Waals surface area (Å²) < 4.78 is 25.3. The van der Waals surface area contributed by atoms with Crippen molar-refractivity contribution in [3.05, 3.63) is 29.6 Å². The van der Waals surface area contributed by atoms with Gasteiger partial charge in [-0.05, 0) is 37.5 Å². The molecule has 2 heterocycles. The normalized spacial score (nSPS) is 23.5. The van der Waals surface area contributed by atoms with Gasteiger partial charge < -0.3 is 19.7 Å². The van der Waals surface area contributed by atoms with Gasteiger partial charge in [0.2, 0.25) is 0 Å². The number of rotatable bonds is 4. The first-order valence-electron chi connectivity index (χ1n) is 9.62. The van der Waals surface area contributed by atoms with E-state index in [9.17, 15) is 9.18 Å². The lowest BCUT2D eigenvalue weighted by Crippen LogP contribution is -2.51. The largest absolute Gasteiger partial charge is 0.487 e. The Morgan fingerprint density at radius 3 is 2.85 bits per heavy atom. The van der Waals surface area contributed by atoms with E-state index in [0.29, 0.717) is 32.5 Å². The lowest BCUT2D eigenvalue weighted by Gasteiger charge is -2.35. The number of hydrogen-bond donors (Lipinski definition) is 1. The average molecular weight is 375 g/mol. The summed E-state index contributed by atoms with van der Waals surface area (Å²) in [5.41, 5.74) is 0.268. The number of carbonyl (C=O) groups is 1. The van der Waals surface area contributed by atoms with Crippen LogP contribution in [0.1, 0.15) is 44.6 Å². The van der Waals surface area contributed by atoms with Crippen molar-refractivity contribution in [2.24, 2.45) is 0 Å². The fourth-order valence-electron chi connectivity index (χ4n) is 3.58. The van der Waals surface area contributed by atoms with Crippen molar-refractivity contribution in [1.29, 1.82) is 5.26 Å². The van der Waals surface area contributed by atoms with Crippen LogP contribution in [0, 0.1) is 17.1 Å². The van der Waals surface area contributed by atoms with Gasteiger partial charge in [0.1, 0.15) is 6.10 Å². The standard InChI is InChI=1S/C20H26FN3O3/c1-2-16-12-15(7-10-26-16)23-20(25)24-8-5-17(6-9-24)27-19-4-3-14(13-22)11-18(19)21/h3-4,11,15-17H,2,5-10,12H2,1H3,(H,23,25). The van der Waals surface area contributed by atoms with Crippen LogP contribution in [-0.4, -0.2) is 48.9 Å². The molecule has 0 bridgehead atoms. The van der Waals surface area contributed by atoms with E-state index < -0.39 is 5.82 Å². The van der Waals surface area contributed by atoms with E-state index >= 15 is 0 Å². The second kappa shape index (κ2) is 9.05. The molecule has 146 valence electrons. The third-order valence-corrected chi connectivity index (χ3v) is 5.23. The number of nitrogens with one attached hydrogen (secondary N) is 1. The Labute approximate surface area is 159 Å². The highest BCUT2D eigenvalue weighted by atomic mass is 19.1. The lowest BCUT2D eigenvalue weighted by atomic mass is 10.0. The van der Waals surface area contributed by atoms with Crippen LogP contribution < -0.4 is 10.1 Å². The van der Waals surface area contributed by atoms with E-state index in [1.807, 2.05) is 6.07 Å². The first-order chi connectivity index (χ1) is 13.1. The number of likely N-dealkylation sites (tertiary alicyclic amines) is 1. The zero-order valence-corrected chi connectivity index (χ0v) is 15.6. The van der Waals surface area contributed by atoms with E-state index in [0.717, 1.165) is 19.3 Å². The number of hydrogen-bond acceptors (Lipinski definition) is 4. The maximum atomic E-state index is 14.0. The van der Waals surface area contributed by atoms with E-state index in [2.05, 4.69) is 12.2 Å². The molecule has 2 aliphatic heterocycles. The molecule has 2 fully saturated rings. The fraction of sp³-hybridized carbons (Fsp3) is 0.600. The highest BCUT2D eigenvalue weighted by Crippen LogP contribution is 2.23. The second-order valence-electron chi connectivity index (χ2n) is 7.13. The summed E-state index contributed by atoms with van der Waals surface area (Å²) in [6.45, 7) is 3.94. The molecule has 2 aliphatic rings. The predicted molar refractivity (Wildman–Crippen MR) is 97.9 cm³/mol. The first kappa shape index (κ1) is 19.4. The Kier molecular flexibility index (Phi) is 6.51. The van der Waals surface area contributed by atoms with Crippen LogP contribution in [-0.2, 0) is 4.74 Å². The summed E-state index contributed by atoms with van der Waals surface area (Å²) in [4.78, 5) is 14.3. The molecule has 0 saturated carbocycles. The summed E-state index contributed by atoms with van der Waals surface area (Å²) in [5.74, 6) is -0.371. The molecule has 2 amide bonds. The molecule has 1 aromatic carbocycles. The quantitative estimate of drug-likeness (QED) is 0.877. The average Bonchev–Trinajstić information content (AvgIpc) is 2.70. The molecule has 0 aliphatic carbocycles. The maximum absolute atomic E-state index is 14.0. The Hall–Kier alpha value is -2.33. The number of nitriles is 1. The van der Waals surface area contributed by atoms with Crippen molar-refractivity contribution in [2.75, 3.05) is 19.7 Å². The molecule has 2 atom stereocenters. The minimum absolute atomic E-state index is 0.0419. The van der Waals surface area contributed by atoms with Crippen LogP contribution in [0.15, 0.2) is 18.2 Å². The topological polar surface area (TPSA) is 74.6 Å². The zero-order chi connectivity index (χ0) is 19.2. The number of nitrogens with zero attached hydrogens (tertiary/aromatic N) is 2. The Morgan fingerprint density at radius 2 is 2.19 bits per heavy atom. The number of ether oxygens (including phenoxy) is 2. The molecule has 6 nitrogen and oxygen atoms in total. The van der Waals surface area contributed by atoms with E-state index in [4.69, 9.17) is 14.7 Å². The molecule has 0 spiro atoms. The first-order valence-corrected chi connectivity index (χ1v) is 9.62. The van der Waals surface area contributed by atoms with Crippen molar-refractivity contribution in [2.45, 2.75) is 57.3 Å². The van der Waals surface area contributed by atoms with Crippen LogP contribution in [0.5, 0.6) is 5.75 Å². The molecule has 2 unspecified atom stereocenters. The fourth-order valence-corrected chi connectivity index (χ4v) is 3.58. The molecule has 7 heteroatoms. The molecule has 1 aromatic rings. The van der Waals surface area contributed by atoms with Gasteiger partial charge in [-0.15, -0.1) is 0 Å². The number of halogens is 1. The molecule has 2 saturated heterocycles. The van der Waals surface area contributed by atoms with E-state index in [1.165, 1.54) is 12.1 Å². The lowest BCUT2D eigenvalue weighted by molar-refractivity contribution is 0.000785. The van der Waals surface area contributed by atoms with Crippen molar-refractivity contribution in [3.63, 3.8) is 0 Å². The van der Waals surface area contributed by atoms with Crippen molar-refractivity contribution < 1.29 is 18.7 Å². The Bertz CT molecular complexity index is 698. The number of carbonyl (C=O) groups excluding carboxylic acids is 1. The van der Waals surface area contributed by atoms with Crippen molar-refractivity contribution >= 4 is 6.03 Å². The summed E-state index contributed by atoms with van der Waals surface area (Å²) in [6.07, 6.45) is 4.06. The second-order valence-corrected chi connectivity index (χ2v) is 7.13. The van der Waals surface area contributed by atoms with Gasteiger partial charge in [0.25, 0.3) is 0 Å². The zero-order valence-electron chi connectivity index (χ0n) is 15.6. The van der Waals surface area contributed by atoms with Gasteiger partial charge >= 0.3 is 6.03 Å². The summed E-state index contributed by atoms with van der Waals surface area (Å²) in [6, 6.07) is 6.23. The van der Waals surface area contributed by atoms with E-state index in [1.54, 1.807) is 11.0 Å². The molecule has 27 heavy (non-hydrogen) atoms. The smallest absolute Gasteiger partial charge is 0.317 e. The molecular formula is C20H26FN3O3. The van der Waals surface area contributed by atoms with Crippen LogP contribution in [0.4, 0.5) is 9.18 Å². The van der Waals surface area contributed by atoms with Gasteiger partial charge in [-0.3, -0.25) is 0 Å². The van der Waals surface area contributed by atoms with Crippen LogP contribution in [0.3, 0.4) is 0 Å². The van der Waals surface area contributed by atoms with Gasteiger partial charge in [0.15, 0.2) is 11.6 Å². The van der Waals surface area contributed by atoms with Crippen LogP contribution in [0.25, 0.3) is 0 Å². The van der Waals surface area contributed by atoms with Gasteiger partial charge in [-0.1, -0.05) is 6.92 Å². The third kappa shape index (κ3) is 5.10. The van der Waals surface area contributed by atoms with Gasteiger partial charge in [0.05, 0.1) is 17.7 Å². The number of urea groups is 1. The molecule has 3 rings (SSSR count).